The highest BCUT2D eigenvalue weighted by Crippen LogP contribution is 2.39. The average Bonchev–Trinajstić information content (AvgIpc) is 3.68. The SMILES string of the molecule is CC(=O)c1ccc(N(Cc2cn(CC3CC4=C(O3)c3ccccc3C(=O)C4=O)nn2)C2=CC(=O)c3ccccc3C2=O)cc1. The zero-order chi connectivity index (χ0) is 30.5. The molecule has 1 aliphatic heterocycles. The second kappa shape index (κ2) is 10.5. The van der Waals surface area contributed by atoms with E-state index < -0.39 is 17.7 Å². The van der Waals surface area contributed by atoms with Gasteiger partial charge in [-0.25, -0.2) is 4.68 Å². The van der Waals surface area contributed by atoms with Gasteiger partial charge in [0.05, 0.1) is 30.6 Å². The van der Waals surface area contributed by atoms with Crippen LogP contribution in [0.4, 0.5) is 5.69 Å². The number of ether oxygens (including phenoxy) is 1. The number of carbonyl (C=O) groups is 5. The molecular formula is C34H24N4O6. The number of fused-ring (bicyclic) bond motifs is 3. The highest BCUT2D eigenvalue weighted by molar-refractivity contribution is 6.52. The van der Waals surface area contributed by atoms with E-state index in [2.05, 4.69) is 10.3 Å². The Morgan fingerprint density at radius 1 is 0.864 bits per heavy atom. The minimum atomic E-state index is -0.548. The van der Waals surface area contributed by atoms with Crippen LogP contribution in [0.5, 0.6) is 0 Å². The molecule has 3 aliphatic rings. The van der Waals surface area contributed by atoms with Gasteiger partial charge in [0.15, 0.2) is 11.6 Å². The minimum absolute atomic E-state index is 0.0945. The van der Waals surface area contributed by atoms with Crippen molar-refractivity contribution in [3.8, 4) is 0 Å². The number of ketones is 5. The smallest absolute Gasteiger partial charge is 0.234 e. The number of nitrogens with zero attached hydrogens (tertiary/aromatic N) is 4. The van der Waals surface area contributed by atoms with E-state index in [0.29, 0.717) is 50.5 Å². The summed E-state index contributed by atoms with van der Waals surface area (Å²) < 4.78 is 7.74. The Morgan fingerprint density at radius 3 is 2.23 bits per heavy atom. The predicted molar refractivity (Wildman–Crippen MR) is 158 cm³/mol. The van der Waals surface area contributed by atoms with Gasteiger partial charge >= 0.3 is 0 Å². The van der Waals surface area contributed by atoms with Crippen LogP contribution in [0.1, 0.15) is 66.0 Å². The summed E-state index contributed by atoms with van der Waals surface area (Å²) in [5.41, 5.74) is 3.76. The van der Waals surface area contributed by atoms with Crippen molar-refractivity contribution < 1.29 is 28.7 Å². The molecule has 2 aliphatic carbocycles. The Morgan fingerprint density at radius 2 is 1.52 bits per heavy atom. The molecule has 0 N–H and O–H groups in total. The predicted octanol–water partition coefficient (Wildman–Crippen LogP) is 4.42. The second-order valence-corrected chi connectivity index (χ2v) is 10.8. The first kappa shape index (κ1) is 27.1. The third kappa shape index (κ3) is 4.57. The standard InChI is InChI=1S/C34H24N4O6/c1-19(39)20-10-12-22(13-11-20)38(29-15-30(40)24-6-2-3-7-25(24)31(29)41)17-21-16-37(36-35-21)18-23-14-28-33(43)32(42)26-8-4-5-9-27(26)34(28)44-23/h2-13,15-16,23H,14,17-18H2,1H3. The topological polar surface area (TPSA) is 129 Å². The number of aromatic nitrogens is 3. The molecule has 1 unspecified atom stereocenters. The van der Waals surface area contributed by atoms with Crippen LogP contribution in [-0.4, -0.2) is 50.0 Å². The summed E-state index contributed by atoms with van der Waals surface area (Å²) in [5, 5.41) is 8.56. The maximum Gasteiger partial charge on any atom is 0.234 e. The summed E-state index contributed by atoms with van der Waals surface area (Å²) in [7, 11) is 0. The van der Waals surface area contributed by atoms with Crippen LogP contribution < -0.4 is 4.90 Å². The molecular weight excluding hydrogens is 560 g/mol. The van der Waals surface area contributed by atoms with Crippen molar-refractivity contribution in [3.63, 3.8) is 0 Å². The molecule has 3 aromatic carbocycles. The van der Waals surface area contributed by atoms with Crippen LogP contribution in [0, 0.1) is 0 Å². The first-order chi connectivity index (χ1) is 21.3. The molecule has 216 valence electrons. The van der Waals surface area contributed by atoms with Crippen molar-refractivity contribution >= 4 is 40.4 Å². The van der Waals surface area contributed by atoms with Crippen LogP contribution in [0.15, 0.2) is 96.3 Å². The van der Waals surface area contributed by atoms with Gasteiger partial charge in [-0.05, 0) is 31.2 Å². The summed E-state index contributed by atoms with van der Waals surface area (Å²) in [6, 6.07) is 20.4. The minimum Gasteiger partial charge on any atom is -0.487 e. The summed E-state index contributed by atoms with van der Waals surface area (Å²) in [6.07, 6.45) is 2.86. The second-order valence-electron chi connectivity index (χ2n) is 10.8. The molecule has 10 nitrogen and oxygen atoms in total. The van der Waals surface area contributed by atoms with Gasteiger partial charge in [0.25, 0.3) is 0 Å². The van der Waals surface area contributed by atoms with Crippen molar-refractivity contribution in [2.75, 3.05) is 4.90 Å². The van der Waals surface area contributed by atoms with E-state index >= 15 is 0 Å². The largest absolute Gasteiger partial charge is 0.487 e. The number of carbonyl (C=O) groups excluding carboxylic acids is 5. The lowest BCUT2D eigenvalue weighted by molar-refractivity contribution is -0.112. The number of Topliss-reactive ketones (excluding diaryl/α,β-unsaturated/α-hetero) is 4. The zero-order valence-corrected chi connectivity index (χ0v) is 23.5. The van der Waals surface area contributed by atoms with Gasteiger partial charge < -0.3 is 9.64 Å². The number of benzene rings is 3. The third-order valence-corrected chi connectivity index (χ3v) is 8.00. The lowest BCUT2D eigenvalue weighted by Gasteiger charge is -2.28. The Kier molecular flexibility index (Phi) is 6.46. The molecule has 7 rings (SSSR count). The van der Waals surface area contributed by atoms with Gasteiger partial charge in [0.2, 0.25) is 17.3 Å². The van der Waals surface area contributed by atoms with Crippen LogP contribution in [0.2, 0.25) is 0 Å². The summed E-state index contributed by atoms with van der Waals surface area (Å²) in [4.78, 5) is 65.5. The van der Waals surface area contributed by atoms with Crippen molar-refractivity contribution in [3.05, 3.63) is 130 Å². The van der Waals surface area contributed by atoms with Crippen molar-refractivity contribution in [2.24, 2.45) is 0 Å². The highest BCUT2D eigenvalue weighted by Gasteiger charge is 2.40. The Hall–Kier alpha value is -5.77. The molecule has 1 atom stereocenters. The quantitative estimate of drug-likeness (QED) is 0.229. The number of hydrogen-bond donors (Lipinski definition) is 0. The van der Waals surface area contributed by atoms with Gasteiger partial charge in [-0.1, -0.05) is 53.7 Å². The third-order valence-electron chi connectivity index (χ3n) is 8.00. The van der Waals surface area contributed by atoms with Crippen LogP contribution in [0.3, 0.4) is 0 Å². The summed E-state index contributed by atoms with van der Waals surface area (Å²) >= 11 is 0. The van der Waals surface area contributed by atoms with Gasteiger partial charge in [-0.3, -0.25) is 24.0 Å². The van der Waals surface area contributed by atoms with E-state index in [0.717, 1.165) is 0 Å². The van der Waals surface area contributed by atoms with Gasteiger partial charge in [-0.2, -0.15) is 0 Å². The highest BCUT2D eigenvalue weighted by atomic mass is 16.5. The van der Waals surface area contributed by atoms with Crippen molar-refractivity contribution in [1.29, 1.82) is 0 Å². The van der Waals surface area contributed by atoms with Crippen molar-refractivity contribution in [2.45, 2.75) is 32.5 Å². The van der Waals surface area contributed by atoms with Gasteiger partial charge in [-0.15, -0.1) is 5.10 Å². The number of hydrogen-bond acceptors (Lipinski definition) is 9. The molecule has 4 aromatic rings. The molecule has 1 aromatic heterocycles. The number of rotatable bonds is 7. The molecule has 10 heteroatoms. The van der Waals surface area contributed by atoms with E-state index in [-0.39, 0.29) is 42.6 Å². The first-order valence-electron chi connectivity index (χ1n) is 14.0. The Bertz CT molecular complexity index is 1980. The Balaban J connectivity index is 1.14. The summed E-state index contributed by atoms with van der Waals surface area (Å²) in [6.45, 7) is 1.85. The molecule has 0 amide bonds. The molecule has 44 heavy (non-hydrogen) atoms. The van der Waals surface area contributed by atoms with Gasteiger partial charge in [0, 0.05) is 46.0 Å². The number of anilines is 1. The van der Waals surface area contributed by atoms with E-state index in [9.17, 15) is 24.0 Å². The Labute approximate surface area is 251 Å². The maximum absolute atomic E-state index is 13.6. The molecule has 0 spiro atoms. The number of allylic oxidation sites excluding steroid dienone is 2. The summed E-state index contributed by atoms with van der Waals surface area (Å²) in [5.74, 6) is -1.33. The monoisotopic (exact) mass is 584 g/mol. The van der Waals surface area contributed by atoms with Crippen LogP contribution >= 0.6 is 0 Å². The fourth-order valence-electron chi connectivity index (χ4n) is 5.83. The zero-order valence-electron chi connectivity index (χ0n) is 23.5. The van der Waals surface area contributed by atoms with Gasteiger partial charge in [0.1, 0.15) is 17.6 Å². The molecule has 0 bridgehead atoms. The molecule has 0 fully saturated rings. The van der Waals surface area contributed by atoms with E-state index in [4.69, 9.17) is 4.74 Å². The molecule has 0 radical (unpaired) electrons. The van der Waals surface area contributed by atoms with E-state index in [1.54, 1.807) is 88.6 Å². The fourth-order valence-corrected chi connectivity index (χ4v) is 5.83. The lowest BCUT2D eigenvalue weighted by atomic mass is 9.88. The van der Waals surface area contributed by atoms with Crippen LogP contribution in [-0.2, 0) is 22.6 Å². The molecule has 0 saturated heterocycles. The molecule has 2 heterocycles. The lowest BCUT2D eigenvalue weighted by Crippen LogP contribution is -2.31. The normalized spacial score (nSPS) is 17.1. The van der Waals surface area contributed by atoms with E-state index in [1.165, 1.54) is 13.0 Å². The van der Waals surface area contributed by atoms with Crippen LogP contribution in [0.25, 0.3) is 5.76 Å². The maximum atomic E-state index is 13.6. The first-order valence-corrected chi connectivity index (χ1v) is 14.0. The van der Waals surface area contributed by atoms with E-state index in [1.807, 2.05) is 0 Å². The fraction of sp³-hybridized carbons (Fsp3) is 0.147. The molecule has 0 saturated carbocycles. The average molecular weight is 585 g/mol. The van der Waals surface area contributed by atoms with Crippen molar-refractivity contribution in [1.82, 2.24) is 15.0 Å².